The molecule has 76 valence electrons. The van der Waals surface area contributed by atoms with E-state index in [1.54, 1.807) is 26.0 Å². The van der Waals surface area contributed by atoms with Gasteiger partial charge in [-0.15, -0.1) is 11.8 Å². The summed E-state index contributed by atoms with van der Waals surface area (Å²) < 4.78 is 11.8. The fraction of sp³-hybridized carbons (Fsp3) is 0.300. The predicted molar refractivity (Wildman–Crippen MR) is 54.0 cm³/mol. The van der Waals surface area contributed by atoms with Crippen LogP contribution in [0.5, 0.6) is 0 Å². The Kier molecular flexibility index (Phi) is 3.16. The van der Waals surface area contributed by atoms with Crippen LogP contribution in [-0.2, 0) is 4.79 Å². The van der Waals surface area contributed by atoms with Gasteiger partial charge in [-0.05, 0) is 32.0 Å². The van der Waals surface area contributed by atoms with Crippen molar-refractivity contribution in [2.24, 2.45) is 0 Å². The second kappa shape index (κ2) is 4.00. The van der Waals surface area contributed by atoms with Crippen LogP contribution in [0.2, 0.25) is 0 Å². The summed E-state index contributed by atoms with van der Waals surface area (Å²) in [4.78, 5) is 11.4. The van der Waals surface area contributed by atoms with Crippen molar-refractivity contribution in [3.8, 4) is 0 Å². The number of thioether (sulfide) groups is 1. The maximum absolute atomic E-state index is 12.8. The highest BCUT2D eigenvalue weighted by Gasteiger charge is 2.28. The van der Waals surface area contributed by atoms with Crippen molar-refractivity contribution in [3.05, 3.63) is 30.1 Å². The van der Waals surface area contributed by atoms with Crippen LogP contribution in [0.25, 0.3) is 0 Å². The lowest BCUT2D eigenvalue weighted by atomic mass is 10.2. The van der Waals surface area contributed by atoms with E-state index in [0.717, 1.165) is 11.8 Å². The summed E-state index contributed by atoms with van der Waals surface area (Å²) in [7, 11) is 0. The molecule has 1 N–H and O–H groups in total. The molecular formula is C10H11FO2S. The van der Waals surface area contributed by atoms with Crippen molar-refractivity contribution in [2.45, 2.75) is 23.5 Å². The van der Waals surface area contributed by atoms with Gasteiger partial charge >= 0.3 is 5.97 Å². The molecule has 4 heteroatoms. The third-order valence-corrected chi connectivity index (χ3v) is 2.86. The number of hydrogen-bond donors (Lipinski definition) is 1. The van der Waals surface area contributed by atoms with Crippen LogP contribution < -0.4 is 0 Å². The van der Waals surface area contributed by atoms with E-state index < -0.39 is 10.7 Å². The van der Waals surface area contributed by atoms with E-state index >= 15 is 0 Å². The van der Waals surface area contributed by atoms with E-state index in [1.807, 2.05) is 0 Å². The number of carboxylic acids is 1. The standard InChI is InChI=1S/C10H11FO2S/c1-10(2,9(12)13)14-8-5-3-4-7(11)6-8/h3-6H,1-2H3,(H,12,13). The van der Waals surface area contributed by atoms with Gasteiger partial charge in [0.05, 0.1) is 0 Å². The van der Waals surface area contributed by atoms with E-state index in [2.05, 4.69) is 0 Å². The Balaban J connectivity index is 2.83. The number of carbonyl (C=O) groups is 1. The molecule has 2 nitrogen and oxygen atoms in total. The molecule has 0 bridgehead atoms. The third kappa shape index (κ3) is 2.73. The Morgan fingerprint density at radius 2 is 2.14 bits per heavy atom. The zero-order valence-electron chi connectivity index (χ0n) is 7.95. The zero-order chi connectivity index (χ0) is 10.8. The summed E-state index contributed by atoms with van der Waals surface area (Å²) >= 11 is 1.13. The minimum atomic E-state index is -0.937. The highest BCUT2D eigenvalue weighted by Crippen LogP contribution is 2.32. The van der Waals surface area contributed by atoms with Crippen LogP contribution in [0.3, 0.4) is 0 Å². The Hall–Kier alpha value is -1.03. The summed E-state index contributed by atoms with van der Waals surface area (Å²) in [5.74, 6) is -1.26. The average Bonchev–Trinajstić information content (AvgIpc) is 2.02. The predicted octanol–water partition coefficient (Wildman–Crippen LogP) is 2.78. The van der Waals surface area contributed by atoms with Gasteiger partial charge in [0, 0.05) is 4.90 Å². The van der Waals surface area contributed by atoms with Gasteiger partial charge in [-0.25, -0.2) is 4.39 Å². The van der Waals surface area contributed by atoms with Gasteiger partial charge in [-0.1, -0.05) is 6.07 Å². The van der Waals surface area contributed by atoms with E-state index in [9.17, 15) is 9.18 Å². The summed E-state index contributed by atoms with van der Waals surface area (Å²) in [6.07, 6.45) is 0. The first-order valence-electron chi connectivity index (χ1n) is 4.10. The van der Waals surface area contributed by atoms with Crippen LogP contribution in [0, 0.1) is 5.82 Å². The number of rotatable bonds is 3. The van der Waals surface area contributed by atoms with E-state index in [0.29, 0.717) is 4.90 Å². The number of aliphatic carboxylic acids is 1. The van der Waals surface area contributed by atoms with Gasteiger partial charge in [0.25, 0.3) is 0 Å². The van der Waals surface area contributed by atoms with Gasteiger partial charge in [0.1, 0.15) is 10.6 Å². The minimum Gasteiger partial charge on any atom is -0.480 e. The lowest BCUT2D eigenvalue weighted by Gasteiger charge is -2.18. The van der Waals surface area contributed by atoms with Crippen LogP contribution in [0.15, 0.2) is 29.2 Å². The molecule has 0 amide bonds. The quantitative estimate of drug-likeness (QED) is 0.786. The Bertz CT molecular complexity index is 350. The van der Waals surface area contributed by atoms with Crippen molar-refractivity contribution in [1.29, 1.82) is 0 Å². The molecule has 0 aliphatic heterocycles. The largest absolute Gasteiger partial charge is 0.480 e. The van der Waals surface area contributed by atoms with Crippen molar-refractivity contribution in [2.75, 3.05) is 0 Å². The normalized spacial score (nSPS) is 11.4. The molecule has 1 aromatic carbocycles. The molecule has 1 rings (SSSR count). The van der Waals surface area contributed by atoms with E-state index in [4.69, 9.17) is 5.11 Å². The molecule has 0 atom stereocenters. The Labute approximate surface area is 86.1 Å². The third-order valence-electron chi connectivity index (χ3n) is 1.68. The molecule has 14 heavy (non-hydrogen) atoms. The van der Waals surface area contributed by atoms with Gasteiger partial charge < -0.3 is 5.11 Å². The molecule has 0 aromatic heterocycles. The van der Waals surface area contributed by atoms with Gasteiger partial charge in [0.2, 0.25) is 0 Å². The second-order valence-electron chi connectivity index (χ2n) is 3.37. The molecule has 0 saturated heterocycles. The smallest absolute Gasteiger partial charge is 0.319 e. The van der Waals surface area contributed by atoms with Crippen LogP contribution in [0.4, 0.5) is 4.39 Å². The number of carboxylic acid groups (broad SMARTS) is 1. The molecule has 0 unspecified atom stereocenters. The molecule has 0 spiro atoms. The zero-order valence-corrected chi connectivity index (χ0v) is 8.77. The summed E-state index contributed by atoms with van der Waals surface area (Å²) in [5, 5.41) is 8.86. The van der Waals surface area contributed by atoms with E-state index in [1.165, 1.54) is 12.1 Å². The van der Waals surface area contributed by atoms with Crippen molar-refractivity contribution in [3.63, 3.8) is 0 Å². The Morgan fingerprint density at radius 1 is 1.50 bits per heavy atom. The topological polar surface area (TPSA) is 37.3 Å². The second-order valence-corrected chi connectivity index (χ2v) is 5.07. The average molecular weight is 214 g/mol. The van der Waals surface area contributed by atoms with Crippen LogP contribution in [0.1, 0.15) is 13.8 Å². The monoisotopic (exact) mass is 214 g/mol. The van der Waals surface area contributed by atoms with Crippen molar-refractivity contribution < 1.29 is 14.3 Å². The molecular weight excluding hydrogens is 203 g/mol. The SMILES string of the molecule is CC(C)(Sc1cccc(F)c1)C(=O)O. The van der Waals surface area contributed by atoms with Gasteiger partial charge in [0.15, 0.2) is 0 Å². The fourth-order valence-electron chi connectivity index (χ4n) is 0.869. The summed E-state index contributed by atoms with van der Waals surface area (Å²) in [6, 6.07) is 5.92. The fourth-order valence-corrected chi connectivity index (χ4v) is 1.86. The molecule has 0 heterocycles. The van der Waals surface area contributed by atoms with Crippen molar-refractivity contribution >= 4 is 17.7 Å². The summed E-state index contributed by atoms with van der Waals surface area (Å²) in [6.45, 7) is 3.18. The highest BCUT2D eigenvalue weighted by atomic mass is 32.2. The minimum absolute atomic E-state index is 0.351. The van der Waals surface area contributed by atoms with Crippen molar-refractivity contribution in [1.82, 2.24) is 0 Å². The first-order valence-corrected chi connectivity index (χ1v) is 4.91. The van der Waals surface area contributed by atoms with Gasteiger partial charge in [-0.2, -0.15) is 0 Å². The summed E-state index contributed by atoms with van der Waals surface area (Å²) in [5.41, 5.74) is 0. The lowest BCUT2D eigenvalue weighted by molar-refractivity contribution is -0.138. The molecule has 0 aliphatic rings. The van der Waals surface area contributed by atoms with Crippen LogP contribution >= 0.6 is 11.8 Å². The lowest BCUT2D eigenvalue weighted by Crippen LogP contribution is -2.26. The first kappa shape index (κ1) is 11.0. The molecule has 0 fully saturated rings. The first-order chi connectivity index (χ1) is 6.42. The molecule has 0 radical (unpaired) electrons. The highest BCUT2D eigenvalue weighted by molar-refractivity contribution is 8.01. The molecule has 0 aliphatic carbocycles. The molecule has 1 aromatic rings. The number of benzene rings is 1. The maximum atomic E-state index is 12.8. The Morgan fingerprint density at radius 3 is 2.64 bits per heavy atom. The molecule has 0 saturated carbocycles. The number of halogens is 1. The van der Waals surface area contributed by atoms with Crippen LogP contribution in [-0.4, -0.2) is 15.8 Å². The maximum Gasteiger partial charge on any atom is 0.319 e. The van der Waals surface area contributed by atoms with E-state index in [-0.39, 0.29) is 5.82 Å². The number of hydrogen-bond acceptors (Lipinski definition) is 2. The van der Waals surface area contributed by atoms with Gasteiger partial charge in [-0.3, -0.25) is 4.79 Å².